The SMILES string of the molecule is CC12CCC3c4cc([N+](=O)[O-])c(O)c([N+](=O)[O-])c4CCC3C1CC(O)C2O. The smallest absolute Gasteiger partial charge is 0.321 e. The van der Waals surface area contributed by atoms with E-state index in [2.05, 4.69) is 0 Å². The highest BCUT2D eigenvalue weighted by Gasteiger charge is 2.58. The van der Waals surface area contributed by atoms with Crippen molar-refractivity contribution in [1.82, 2.24) is 0 Å². The van der Waals surface area contributed by atoms with Gasteiger partial charge in [-0.15, -0.1) is 0 Å². The molecule has 3 N–H and O–H groups in total. The van der Waals surface area contributed by atoms with E-state index in [4.69, 9.17) is 0 Å². The lowest BCUT2D eigenvalue weighted by atomic mass is 9.55. The lowest BCUT2D eigenvalue weighted by Crippen LogP contribution is -2.44. The summed E-state index contributed by atoms with van der Waals surface area (Å²) >= 11 is 0. The number of hydrogen-bond donors (Lipinski definition) is 3. The minimum atomic E-state index is -0.880. The number of nitrogens with zero attached hydrogens (tertiary/aromatic N) is 2. The summed E-state index contributed by atoms with van der Waals surface area (Å²) in [5.74, 6) is -0.843. The number of nitro benzene ring substituents is 2. The van der Waals surface area contributed by atoms with Crippen molar-refractivity contribution in [1.29, 1.82) is 0 Å². The second kappa shape index (κ2) is 5.87. The van der Waals surface area contributed by atoms with E-state index in [0.717, 1.165) is 0 Å². The normalized spacial score (nSPS) is 37.2. The predicted octanol–water partition coefficient (Wildman–Crippen LogP) is 2.40. The Bertz CT molecular complexity index is 841. The first kappa shape index (κ1) is 18.1. The molecule has 0 spiro atoms. The summed E-state index contributed by atoms with van der Waals surface area (Å²) in [7, 11) is 0. The zero-order valence-corrected chi connectivity index (χ0v) is 14.9. The Balaban J connectivity index is 1.83. The van der Waals surface area contributed by atoms with E-state index in [-0.39, 0.29) is 17.8 Å². The molecule has 0 saturated heterocycles. The Morgan fingerprint density at radius 2 is 1.89 bits per heavy atom. The van der Waals surface area contributed by atoms with E-state index in [1.165, 1.54) is 6.07 Å². The average Bonchev–Trinajstić information content (AvgIpc) is 2.84. The molecule has 4 rings (SSSR count). The molecule has 0 amide bonds. The largest absolute Gasteiger partial charge is 0.497 e. The first-order valence-corrected chi connectivity index (χ1v) is 9.20. The number of rotatable bonds is 2. The monoisotopic (exact) mass is 378 g/mol. The van der Waals surface area contributed by atoms with Crippen LogP contribution in [0.4, 0.5) is 11.4 Å². The van der Waals surface area contributed by atoms with Crippen LogP contribution in [-0.2, 0) is 6.42 Å². The molecule has 3 aliphatic rings. The Labute approximate surface area is 154 Å². The van der Waals surface area contributed by atoms with Crippen molar-refractivity contribution in [2.75, 3.05) is 0 Å². The zero-order chi connectivity index (χ0) is 19.7. The van der Waals surface area contributed by atoms with Crippen molar-refractivity contribution in [3.05, 3.63) is 37.4 Å². The second-order valence-corrected chi connectivity index (χ2v) is 8.38. The fraction of sp³-hybridized carbons (Fsp3) is 0.667. The van der Waals surface area contributed by atoms with Crippen LogP contribution in [-0.4, -0.2) is 37.4 Å². The summed E-state index contributed by atoms with van der Waals surface area (Å²) < 4.78 is 0. The maximum Gasteiger partial charge on any atom is 0.321 e. The van der Waals surface area contributed by atoms with Gasteiger partial charge in [-0.25, -0.2) is 0 Å². The van der Waals surface area contributed by atoms with E-state index in [1.807, 2.05) is 6.92 Å². The van der Waals surface area contributed by atoms with E-state index in [1.54, 1.807) is 0 Å². The Hall–Kier alpha value is -2.26. The number of aliphatic hydroxyl groups excluding tert-OH is 2. The minimum Gasteiger partial charge on any atom is -0.497 e. The molecule has 27 heavy (non-hydrogen) atoms. The average molecular weight is 378 g/mol. The van der Waals surface area contributed by atoms with Gasteiger partial charge in [-0.05, 0) is 60.8 Å². The summed E-state index contributed by atoms with van der Waals surface area (Å²) in [6, 6.07) is 1.29. The van der Waals surface area contributed by atoms with E-state index >= 15 is 0 Å². The maximum absolute atomic E-state index is 11.5. The first-order valence-electron chi connectivity index (χ1n) is 9.20. The van der Waals surface area contributed by atoms with E-state index in [9.17, 15) is 35.5 Å². The summed E-state index contributed by atoms with van der Waals surface area (Å²) in [6.45, 7) is 1.98. The zero-order valence-electron chi connectivity index (χ0n) is 14.9. The highest BCUT2D eigenvalue weighted by Crippen LogP contribution is 2.62. The van der Waals surface area contributed by atoms with Crippen molar-refractivity contribution in [2.45, 2.75) is 57.2 Å². The van der Waals surface area contributed by atoms with Crippen molar-refractivity contribution in [3.8, 4) is 5.75 Å². The van der Waals surface area contributed by atoms with Crippen molar-refractivity contribution in [3.63, 3.8) is 0 Å². The lowest BCUT2D eigenvalue weighted by Gasteiger charge is -2.49. The topological polar surface area (TPSA) is 147 Å². The van der Waals surface area contributed by atoms with Crippen LogP contribution in [0.5, 0.6) is 5.75 Å². The van der Waals surface area contributed by atoms with Crippen LogP contribution < -0.4 is 0 Å². The molecule has 146 valence electrons. The van der Waals surface area contributed by atoms with Crippen LogP contribution in [0.25, 0.3) is 0 Å². The Morgan fingerprint density at radius 3 is 2.52 bits per heavy atom. The van der Waals surface area contributed by atoms with Crippen LogP contribution in [0.1, 0.15) is 49.7 Å². The van der Waals surface area contributed by atoms with Crippen LogP contribution in [0.15, 0.2) is 6.07 Å². The second-order valence-electron chi connectivity index (χ2n) is 8.38. The third kappa shape index (κ3) is 2.37. The number of hydrogen-bond acceptors (Lipinski definition) is 7. The molecule has 0 heterocycles. The van der Waals surface area contributed by atoms with Crippen LogP contribution in [0.3, 0.4) is 0 Å². The highest BCUT2D eigenvalue weighted by molar-refractivity contribution is 5.67. The number of phenols is 1. The Kier molecular flexibility index (Phi) is 3.94. The molecule has 6 atom stereocenters. The molecule has 2 fully saturated rings. The molecule has 6 unspecified atom stereocenters. The molecule has 3 aliphatic carbocycles. The third-order valence-corrected chi connectivity index (χ3v) is 7.31. The minimum absolute atomic E-state index is 0.0568. The van der Waals surface area contributed by atoms with Gasteiger partial charge in [0.25, 0.3) is 5.75 Å². The quantitative estimate of drug-likeness (QED) is 0.529. The van der Waals surface area contributed by atoms with Gasteiger partial charge in [0.2, 0.25) is 0 Å². The van der Waals surface area contributed by atoms with Crippen molar-refractivity contribution < 1.29 is 25.2 Å². The predicted molar refractivity (Wildman–Crippen MR) is 93.4 cm³/mol. The summed E-state index contributed by atoms with van der Waals surface area (Å²) in [5, 5.41) is 53.6. The third-order valence-electron chi connectivity index (χ3n) is 7.31. The molecule has 1 aromatic rings. The van der Waals surface area contributed by atoms with Crippen molar-refractivity contribution >= 4 is 11.4 Å². The van der Waals surface area contributed by atoms with Crippen LogP contribution >= 0.6 is 0 Å². The molecule has 0 aromatic heterocycles. The molecule has 0 radical (unpaired) electrons. The molecule has 0 aliphatic heterocycles. The lowest BCUT2D eigenvalue weighted by molar-refractivity contribution is -0.396. The molecule has 9 heteroatoms. The van der Waals surface area contributed by atoms with E-state index in [0.29, 0.717) is 43.2 Å². The van der Waals surface area contributed by atoms with Crippen LogP contribution in [0, 0.1) is 37.5 Å². The van der Waals surface area contributed by atoms with Crippen molar-refractivity contribution in [2.24, 2.45) is 17.3 Å². The molecule has 9 nitrogen and oxygen atoms in total. The number of nitro groups is 2. The van der Waals surface area contributed by atoms with Gasteiger partial charge < -0.3 is 15.3 Å². The molecule has 0 bridgehead atoms. The first-order chi connectivity index (χ1) is 12.7. The van der Waals surface area contributed by atoms with Crippen LogP contribution in [0.2, 0.25) is 0 Å². The van der Waals surface area contributed by atoms with Gasteiger partial charge in [-0.2, -0.15) is 0 Å². The Morgan fingerprint density at radius 1 is 1.19 bits per heavy atom. The van der Waals surface area contributed by atoms with Gasteiger partial charge in [-0.1, -0.05) is 6.92 Å². The summed E-state index contributed by atoms with van der Waals surface area (Å²) in [6.07, 6.45) is 1.13. The number of fused-ring (bicyclic) bond motifs is 5. The molecule has 1 aromatic carbocycles. The molecular weight excluding hydrogens is 356 g/mol. The number of benzene rings is 1. The number of aliphatic hydroxyl groups is 2. The van der Waals surface area contributed by atoms with Gasteiger partial charge >= 0.3 is 11.4 Å². The number of phenolic OH excluding ortho intramolecular Hbond substituents is 1. The van der Waals surface area contributed by atoms with Gasteiger partial charge in [0.15, 0.2) is 0 Å². The van der Waals surface area contributed by atoms with Gasteiger partial charge in [-0.3, -0.25) is 20.2 Å². The standard InChI is InChI=1S/C18H22N2O7/c1-18-5-4-8-9(12(18)7-14(21)17(18)23)2-3-10-11(8)6-13(19(24)25)16(22)15(10)20(26)27/h6,8-9,12,14,17,21-23H,2-5,7H2,1H3. The fourth-order valence-corrected chi connectivity index (χ4v) is 6.01. The number of aromatic hydroxyl groups is 1. The summed E-state index contributed by atoms with van der Waals surface area (Å²) in [4.78, 5) is 21.3. The maximum atomic E-state index is 11.5. The molecular formula is C18H22N2O7. The van der Waals surface area contributed by atoms with Gasteiger partial charge in [0.05, 0.1) is 22.1 Å². The van der Waals surface area contributed by atoms with Gasteiger partial charge in [0.1, 0.15) is 0 Å². The summed E-state index contributed by atoms with van der Waals surface area (Å²) in [5.41, 5.74) is -0.654. The highest BCUT2D eigenvalue weighted by atomic mass is 16.6. The van der Waals surface area contributed by atoms with Gasteiger partial charge in [0, 0.05) is 11.6 Å². The fourth-order valence-electron chi connectivity index (χ4n) is 6.01. The molecule has 2 saturated carbocycles. The van der Waals surface area contributed by atoms with E-state index < -0.39 is 44.6 Å².